The molecule has 6 nitrogen and oxygen atoms in total. The van der Waals surface area contributed by atoms with Crippen LogP contribution in [0.3, 0.4) is 0 Å². The second-order valence-electron chi connectivity index (χ2n) is 13.9. The Morgan fingerprint density at radius 1 is 0.551 bits per heavy atom. The number of amides is 1. The SMILES string of the molecule is CCCCCCC/C=C\C/C=C\C/C=C\CCCCCCCCCCC(=O)NC(CS(=O)(=O)O)C(O)/C=C/CCCCCCCCCCC. The fourth-order valence-electron chi connectivity index (χ4n) is 5.93. The Bertz CT molecular complexity index is 956. The van der Waals surface area contributed by atoms with E-state index in [2.05, 4.69) is 55.6 Å². The fourth-order valence-corrected chi connectivity index (χ4v) is 6.66. The molecule has 0 aliphatic heterocycles. The molecule has 0 aromatic rings. The van der Waals surface area contributed by atoms with Gasteiger partial charge in [0.1, 0.15) is 0 Å². The van der Waals surface area contributed by atoms with Crippen LogP contribution >= 0.6 is 0 Å². The molecule has 2 atom stereocenters. The average Bonchev–Trinajstić information content (AvgIpc) is 3.06. The molecule has 49 heavy (non-hydrogen) atoms. The van der Waals surface area contributed by atoms with Crippen molar-refractivity contribution in [3.05, 3.63) is 48.6 Å². The van der Waals surface area contributed by atoms with Crippen molar-refractivity contribution in [2.24, 2.45) is 0 Å². The molecule has 0 saturated heterocycles. The van der Waals surface area contributed by atoms with Crippen molar-refractivity contribution in [2.75, 3.05) is 5.75 Å². The van der Waals surface area contributed by atoms with Gasteiger partial charge in [0.25, 0.3) is 10.1 Å². The number of hydrogen-bond acceptors (Lipinski definition) is 4. The van der Waals surface area contributed by atoms with Gasteiger partial charge >= 0.3 is 0 Å². The highest BCUT2D eigenvalue weighted by molar-refractivity contribution is 7.85. The van der Waals surface area contributed by atoms with Gasteiger partial charge in [-0.2, -0.15) is 8.42 Å². The Kier molecular flexibility index (Phi) is 34.9. The van der Waals surface area contributed by atoms with Crippen LogP contribution in [0.25, 0.3) is 0 Å². The molecular weight excluding hydrogens is 631 g/mol. The second kappa shape index (κ2) is 36.1. The third-order valence-electron chi connectivity index (χ3n) is 9.00. The lowest BCUT2D eigenvalue weighted by molar-refractivity contribution is -0.122. The first-order valence-corrected chi connectivity index (χ1v) is 21.9. The first-order valence-electron chi connectivity index (χ1n) is 20.3. The number of nitrogens with one attached hydrogen (secondary N) is 1. The van der Waals surface area contributed by atoms with E-state index in [1.807, 2.05) is 6.08 Å². The Morgan fingerprint density at radius 3 is 1.35 bits per heavy atom. The maximum absolute atomic E-state index is 12.5. The van der Waals surface area contributed by atoms with Gasteiger partial charge in [0.05, 0.1) is 17.9 Å². The van der Waals surface area contributed by atoms with Crippen molar-refractivity contribution in [1.29, 1.82) is 0 Å². The van der Waals surface area contributed by atoms with Gasteiger partial charge in [-0.1, -0.05) is 178 Å². The van der Waals surface area contributed by atoms with Crippen LogP contribution in [-0.2, 0) is 14.9 Å². The number of allylic oxidation sites excluding steroid dienone is 7. The number of carbonyl (C=O) groups excluding carboxylic acids is 1. The maximum atomic E-state index is 12.5. The zero-order chi connectivity index (χ0) is 36.1. The van der Waals surface area contributed by atoms with E-state index in [-0.39, 0.29) is 12.3 Å². The van der Waals surface area contributed by atoms with E-state index in [9.17, 15) is 22.9 Å². The quantitative estimate of drug-likeness (QED) is 0.0342. The molecule has 0 heterocycles. The summed E-state index contributed by atoms with van der Waals surface area (Å²) in [4.78, 5) is 12.5. The van der Waals surface area contributed by atoms with Crippen molar-refractivity contribution < 1.29 is 22.9 Å². The smallest absolute Gasteiger partial charge is 0.267 e. The normalized spacial score (nSPS) is 13.8. The molecule has 0 spiro atoms. The molecule has 2 unspecified atom stereocenters. The molecule has 0 aromatic carbocycles. The van der Waals surface area contributed by atoms with E-state index in [4.69, 9.17) is 0 Å². The molecule has 0 radical (unpaired) electrons. The first-order chi connectivity index (χ1) is 23.8. The van der Waals surface area contributed by atoms with Crippen LogP contribution in [0.5, 0.6) is 0 Å². The minimum Gasteiger partial charge on any atom is -0.387 e. The zero-order valence-corrected chi connectivity index (χ0v) is 32.6. The Hall–Kier alpha value is -1.70. The summed E-state index contributed by atoms with van der Waals surface area (Å²) in [5, 5.41) is 13.2. The largest absolute Gasteiger partial charge is 0.387 e. The van der Waals surface area contributed by atoms with E-state index in [0.29, 0.717) is 0 Å². The van der Waals surface area contributed by atoms with E-state index < -0.39 is 28.0 Å². The van der Waals surface area contributed by atoms with Crippen LogP contribution in [0.15, 0.2) is 48.6 Å². The highest BCUT2D eigenvalue weighted by Gasteiger charge is 2.24. The lowest BCUT2D eigenvalue weighted by atomic mass is 10.1. The van der Waals surface area contributed by atoms with E-state index in [1.54, 1.807) is 6.08 Å². The maximum Gasteiger partial charge on any atom is 0.267 e. The Morgan fingerprint density at radius 2 is 0.918 bits per heavy atom. The van der Waals surface area contributed by atoms with Crippen molar-refractivity contribution >= 4 is 16.0 Å². The number of unbranched alkanes of at least 4 members (excludes halogenated alkanes) is 22. The molecule has 286 valence electrons. The molecule has 7 heteroatoms. The molecule has 0 rings (SSSR count). The number of hydrogen-bond donors (Lipinski definition) is 3. The lowest BCUT2D eigenvalue weighted by Crippen LogP contribution is -2.46. The highest BCUT2D eigenvalue weighted by Crippen LogP contribution is 2.13. The topological polar surface area (TPSA) is 104 Å². The van der Waals surface area contributed by atoms with Crippen LogP contribution in [0.1, 0.15) is 194 Å². The van der Waals surface area contributed by atoms with Crippen LogP contribution in [0.4, 0.5) is 0 Å². The standard InChI is InChI=1S/C42H77NO5S/c1-3-5-7-9-11-13-15-16-17-18-19-20-21-22-23-24-25-26-28-30-32-34-36-38-42(45)43-40(39-49(46,47)48)41(44)37-35-33-31-29-27-14-12-10-8-6-4-2/h15-16,18-19,21-22,35,37,40-41,44H,3-14,17,20,23-34,36,38-39H2,1-2H3,(H,43,45)(H,46,47,48)/b16-15-,19-18-,22-21-,37-35+. The second-order valence-corrected chi connectivity index (χ2v) is 15.4. The lowest BCUT2D eigenvalue weighted by Gasteiger charge is -2.21. The summed E-state index contributed by atoms with van der Waals surface area (Å²) in [7, 11) is -4.34. The molecule has 0 aliphatic rings. The predicted molar refractivity (Wildman–Crippen MR) is 212 cm³/mol. The molecule has 1 amide bonds. The van der Waals surface area contributed by atoms with Gasteiger partial charge in [-0.25, -0.2) is 0 Å². The van der Waals surface area contributed by atoms with E-state index in [1.165, 1.54) is 109 Å². The third kappa shape index (κ3) is 37.4. The van der Waals surface area contributed by atoms with Gasteiger partial charge in [-0.3, -0.25) is 9.35 Å². The summed E-state index contributed by atoms with van der Waals surface area (Å²) in [5.74, 6) is -0.990. The fraction of sp³-hybridized carbons (Fsp3) is 0.786. The highest BCUT2D eigenvalue weighted by atomic mass is 32.2. The Balaban J connectivity index is 3.89. The van der Waals surface area contributed by atoms with Gasteiger partial charge in [0, 0.05) is 6.42 Å². The molecule has 3 N–H and O–H groups in total. The molecule has 0 saturated carbocycles. The Labute approximate surface area is 303 Å². The summed E-state index contributed by atoms with van der Waals surface area (Å²) in [6.07, 6.45) is 48.1. The van der Waals surface area contributed by atoms with Gasteiger partial charge in [-0.05, 0) is 57.8 Å². The average molecular weight is 708 g/mol. The summed E-state index contributed by atoms with van der Waals surface area (Å²) < 4.78 is 32.4. The third-order valence-corrected chi connectivity index (χ3v) is 9.78. The number of carbonyl (C=O) groups is 1. The van der Waals surface area contributed by atoms with Gasteiger partial charge in [0.15, 0.2) is 0 Å². The monoisotopic (exact) mass is 708 g/mol. The van der Waals surface area contributed by atoms with Gasteiger partial charge < -0.3 is 10.4 Å². The van der Waals surface area contributed by atoms with Gasteiger partial charge in [0.2, 0.25) is 5.91 Å². The van der Waals surface area contributed by atoms with Crippen molar-refractivity contribution in [1.82, 2.24) is 5.32 Å². The zero-order valence-electron chi connectivity index (χ0n) is 31.8. The van der Waals surface area contributed by atoms with E-state index in [0.717, 1.165) is 64.2 Å². The number of aliphatic hydroxyl groups is 1. The predicted octanol–water partition coefficient (Wildman–Crippen LogP) is 11.9. The molecule has 0 aliphatic carbocycles. The minimum absolute atomic E-state index is 0.286. The van der Waals surface area contributed by atoms with Crippen molar-refractivity contribution in [3.8, 4) is 0 Å². The summed E-state index contributed by atoms with van der Waals surface area (Å²) in [6, 6.07) is -1.06. The summed E-state index contributed by atoms with van der Waals surface area (Å²) in [5.41, 5.74) is 0. The molecule has 0 bridgehead atoms. The first kappa shape index (κ1) is 47.3. The van der Waals surface area contributed by atoms with Crippen LogP contribution in [-0.4, -0.2) is 41.9 Å². The molecule has 0 fully saturated rings. The minimum atomic E-state index is -4.34. The van der Waals surface area contributed by atoms with E-state index >= 15 is 0 Å². The van der Waals surface area contributed by atoms with Crippen LogP contribution < -0.4 is 5.32 Å². The van der Waals surface area contributed by atoms with Crippen LogP contribution in [0.2, 0.25) is 0 Å². The number of rotatable bonds is 36. The van der Waals surface area contributed by atoms with Crippen molar-refractivity contribution in [3.63, 3.8) is 0 Å². The summed E-state index contributed by atoms with van der Waals surface area (Å²) in [6.45, 7) is 4.48. The molecule has 0 aromatic heterocycles. The van der Waals surface area contributed by atoms with Gasteiger partial charge in [-0.15, -0.1) is 0 Å². The van der Waals surface area contributed by atoms with Crippen LogP contribution in [0, 0.1) is 0 Å². The van der Waals surface area contributed by atoms with Crippen molar-refractivity contribution in [2.45, 2.75) is 206 Å². The summed E-state index contributed by atoms with van der Waals surface area (Å²) >= 11 is 0. The molecular formula is C42H77NO5S. The number of aliphatic hydroxyl groups excluding tert-OH is 1.